The van der Waals surface area contributed by atoms with Gasteiger partial charge in [-0.3, -0.25) is 0 Å². The van der Waals surface area contributed by atoms with Crippen molar-refractivity contribution in [3.8, 4) is 44.5 Å². The minimum atomic E-state index is 0.623. The number of fused-ring (bicyclic) bond motifs is 48. The van der Waals surface area contributed by atoms with Crippen LogP contribution in [0.5, 0.6) is 0 Å². The minimum absolute atomic E-state index is 0.623. The molecular weight excluding hydrogens is 1110 g/mol. The predicted molar refractivity (Wildman–Crippen MR) is 374 cm³/mol. The highest BCUT2D eigenvalue weighted by molar-refractivity contribution is 6.04. The van der Waals surface area contributed by atoms with Gasteiger partial charge in [-0.25, -0.2) is 9.97 Å². The van der Waals surface area contributed by atoms with Gasteiger partial charge >= 0.3 is 0 Å². The number of aromatic nitrogens is 4. The Hall–Kier alpha value is -6.52. The van der Waals surface area contributed by atoms with Crippen LogP contribution in [-0.2, 0) is 0 Å². The summed E-state index contributed by atoms with van der Waals surface area (Å²) in [6.45, 7) is 10.3. The summed E-state index contributed by atoms with van der Waals surface area (Å²) in [7, 11) is 0. The number of H-pyrrole nitrogens is 2. The smallest absolute Gasteiger partial charge is 0.0737 e. The van der Waals surface area contributed by atoms with E-state index in [1.807, 2.05) is 0 Å². The Balaban J connectivity index is 0.878. The number of nitrogens with zero attached hydrogens (tertiary/aromatic N) is 2. The fourth-order valence-corrected chi connectivity index (χ4v) is 28.8. The Kier molecular flexibility index (Phi) is 9.47. The van der Waals surface area contributed by atoms with Gasteiger partial charge in [-0.2, -0.15) is 0 Å². The van der Waals surface area contributed by atoms with E-state index in [0.717, 1.165) is 0 Å². The summed E-state index contributed by atoms with van der Waals surface area (Å²) >= 11 is 0. The van der Waals surface area contributed by atoms with Crippen LogP contribution in [0.4, 0.5) is 0 Å². The van der Waals surface area contributed by atoms with Crippen molar-refractivity contribution in [1.29, 1.82) is 0 Å². The van der Waals surface area contributed by atoms with Crippen molar-refractivity contribution in [2.75, 3.05) is 0 Å². The van der Waals surface area contributed by atoms with Crippen LogP contribution in [0.3, 0.4) is 0 Å². The number of rotatable bonds is 4. The zero-order valence-electron chi connectivity index (χ0n) is 54.7. The first-order valence-electron chi connectivity index (χ1n) is 38.2. The third kappa shape index (κ3) is 5.93. The molecule has 458 valence electrons. The molecule has 2 aliphatic heterocycles. The maximum atomic E-state index is 6.46. The van der Waals surface area contributed by atoms with Crippen LogP contribution in [0.15, 0.2) is 24.3 Å². The number of nitrogens with one attached hydrogen (secondary N) is 2. The fraction of sp³-hybridized carbons (Fsp3) is 0.500. The Morgan fingerprint density at radius 3 is 0.533 bits per heavy atom. The van der Waals surface area contributed by atoms with E-state index < -0.39 is 0 Å². The third-order valence-electron chi connectivity index (χ3n) is 31.5. The normalized spacial score (nSPS) is 33.6. The molecule has 92 heavy (non-hydrogen) atoms. The summed E-state index contributed by atoms with van der Waals surface area (Å²) in [5.41, 5.74) is 56.7. The minimum Gasteiger partial charge on any atom is -0.354 e. The average Bonchev–Trinajstić information content (AvgIpc) is 1.52. The highest BCUT2D eigenvalue weighted by Gasteiger charge is 2.54. The molecule has 0 spiro atoms. The van der Waals surface area contributed by atoms with Gasteiger partial charge in [0, 0.05) is 44.3 Å². The Morgan fingerprint density at radius 2 is 0.370 bits per heavy atom. The van der Waals surface area contributed by atoms with Gasteiger partial charge in [0.2, 0.25) is 0 Å². The second-order valence-corrected chi connectivity index (χ2v) is 34.8. The molecule has 2 N–H and O–H groups in total. The molecule has 0 amide bonds. The number of hydrogen-bond acceptors (Lipinski definition) is 2. The lowest BCUT2D eigenvalue weighted by molar-refractivity contribution is 0.685. The van der Waals surface area contributed by atoms with Crippen molar-refractivity contribution in [3.63, 3.8) is 0 Å². The molecule has 16 aliphatic carbocycles. The zero-order chi connectivity index (χ0) is 59.5. The second-order valence-electron chi connectivity index (χ2n) is 34.8. The van der Waals surface area contributed by atoms with Gasteiger partial charge in [-0.05, 0) is 459 Å². The first kappa shape index (κ1) is 50.9. The van der Waals surface area contributed by atoms with Crippen LogP contribution in [0.2, 0.25) is 0 Å². The van der Waals surface area contributed by atoms with Crippen molar-refractivity contribution in [1.82, 2.24) is 19.9 Å². The molecule has 3 aromatic heterocycles. The summed E-state index contributed by atoms with van der Waals surface area (Å²) in [6.07, 6.45) is 42.3. The van der Waals surface area contributed by atoms with Crippen LogP contribution in [0.25, 0.3) is 90.9 Å². The predicted octanol–water partition coefficient (Wildman–Crippen LogP) is 23.5. The van der Waals surface area contributed by atoms with Crippen LogP contribution < -0.4 is 0 Å². The van der Waals surface area contributed by atoms with Crippen LogP contribution in [-0.4, -0.2) is 19.9 Å². The van der Waals surface area contributed by atoms with E-state index in [1.54, 1.807) is 134 Å². The average molecular weight is 1200 g/mol. The van der Waals surface area contributed by atoms with E-state index in [9.17, 15) is 0 Å². The van der Waals surface area contributed by atoms with E-state index in [-0.39, 0.29) is 0 Å². The Bertz CT molecular complexity index is 4220. The van der Waals surface area contributed by atoms with Crippen molar-refractivity contribution < 1.29 is 0 Å². The highest BCUT2D eigenvalue weighted by Crippen LogP contribution is 2.71. The molecule has 25 rings (SSSR count). The molecule has 4 heteroatoms. The van der Waals surface area contributed by atoms with E-state index in [0.29, 0.717) is 94.7 Å². The molecule has 4 aromatic carbocycles. The van der Waals surface area contributed by atoms with Crippen molar-refractivity contribution >= 4 is 46.4 Å². The molecule has 18 aliphatic rings. The first-order valence-corrected chi connectivity index (χ1v) is 38.2. The monoisotopic (exact) mass is 1200 g/mol. The third-order valence-corrected chi connectivity index (χ3v) is 31.5. The topological polar surface area (TPSA) is 57.4 Å². The molecule has 16 atom stereocenters. The summed E-state index contributed by atoms with van der Waals surface area (Å²) in [4.78, 5) is 22.1. The van der Waals surface area contributed by atoms with Gasteiger partial charge in [0.05, 0.1) is 22.8 Å². The van der Waals surface area contributed by atoms with Crippen molar-refractivity contribution in [3.05, 3.63) is 158 Å². The Labute approximate surface area is 542 Å². The number of aromatic amines is 2. The van der Waals surface area contributed by atoms with Gasteiger partial charge in [-0.15, -0.1) is 0 Å². The Morgan fingerprint density at radius 1 is 0.217 bits per heavy atom. The van der Waals surface area contributed by atoms with Gasteiger partial charge in [0.15, 0.2) is 0 Å². The number of hydrogen-bond donors (Lipinski definition) is 2. The molecule has 8 saturated carbocycles. The molecule has 7 aromatic rings. The van der Waals surface area contributed by atoms with Crippen LogP contribution in [0.1, 0.15) is 383 Å². The van der Waals surface area contributed by atoms with E-state index in [2.05, 4.69) is 86.2 Å². The lowest BCUT2D eigenvalue weighted by Gasteiger charge is -2.31. The summed E-state index contributed by atoms with van der Waals surface area (Å²) < 4.78 is 0. The van der Waals surface area contributed by atoms with Gasteiger partial charge in [0.1, 0.15) is 0 Å². The van der Waals surface area contributed by atoms with E-state index >= 15 is 0 Å². The molecule has 0 saturated heterocycles. The van der Waals surface area contributed by atoms with Gasteiger partial charge < -0.3 is 9.97 Å². The second kappa shape index (κ2) is 17.1. The maximum Gasteiger partial charge on any atom is 0.0737 e. The molecule has 0 radical (unpaired) electrons. The lowest BCUT2D eigenvalue weighted by atomic mass is 9.74. The number of benzene rings is 4. The van der Waals surface area contributed by atoms with Gasteiger partial charge in [-0.1, -0.05) is 0 Å². The van der Waals surface area contributed by atoms with E-state index in [4.69, 9.17) is 9.97 Å². The summed E-state index contributed by atoms with van der Waals surface area (Å²) in [5, 5.41) is 0. The molecule has 16 unspecified atom stereocenters. The highest BCUT2D eigenvalue weighted by atomic mass is 14.8. The summed E-state index contributed by atoms with van der Waals surface area (Å²) in [5.74, 6) is 10.5. The zero-order valence-corrected chi connectivity index (χ0v) is 54.7. The molecule has 4 nitrogen and oxygen atoms in total. The molecule has 5 heterocycles. The standard InChI is InChI=1S/C88H86N4/c1-37-65-41-5-13-49(29-41)73(65)85(74-50-14-6-42(30-50)66(37)74)81-57-21-23-59(89-57)82(86-75-51-15-7-43(31-51)67(75)38(2)68-44-8-16-52(32-44)76(68)86)61-25-27-63(91-61)84(88-79-55-19-11-47(35-55)71(79)40(4)72-48-12-20-56(36-48)80(72)88)64-28-26-62(92-64)83(60-24-22-58(81)90-60)87-77-53-17-9-45(33-53)69(77)39(3)70-46-10-18-54(34-46)78(70)87/h21-28,41-56,89,92H,5-20,29-36H2,1-4H3. The van der Waals surface area contributed by atoms with Crippen molar-refractivity contribution in [2.45, 2.75) is 276 Å². The summed E-state index contributed by atoms with van der Waals surface area (Å²) in [6, 6.07) is 10.3. The quantitative estimate of drug-likeness (QED) is 0.184. The maximum absolute atomic E-state index is 6.46. The largest absolute Gasteiger partial charge is 0.354 e. The van der Waals surface area contributed by atoms with Crippen LogP contribution >= 0.6 is 0 Å². The fourth-order valence-electron chi connectivity index (χ4n) is 28.8. The van der Waals surface area contributed by atoms with Gasteiger partial charge in [0.25, 0.3) is 0 Å². The molecular formula is C88H86N4. The van der Waals surface area contributed by atoms with E-state index in [1.165, 1.54) is 221 Å². The lowest BCUT2D eigenvalue weighted by Crippen LogP contribution is -2.13. The molecule has 8 fully saturated rings. The van der Waals surface area contributed by atoms with Crippen LogP contribution in [0, 0.1) is 27.7 Å². The SMILES string of the molecule is Cc1c2c(c(-c3c4nc(c(-c5c6c(c(C)c7c5C5CCC7C5)C5CCC6C5)c5ccc([nH]5)c(-c5c6c(c(C)c7c5C5CCC7C5)C5CCC6C5)c5nc(c(-c6c7c(c(C)c8c6C6CCC8C6)C6CCC7C6)c6ccc3[nH]6)C=C5)C=C4)c3c1C1CCC3C1)C1CCC2C1. The molecule has 24 bridgehead atoms. The first-order chi connectivity index (χ1) is 45.2. The van der Waals surface area contributed by atoms with Crippen molar-refractivity contribution in [2.24, 2.45) is 0 Å².